The van der Waals surface area contributed by atoms with Crippen LogP contribution in [0.25, 0.3) is 0 Å². The average molecular weight is 444 g/mol. The third-order valence-electron chi connectivity index (χ3n) is 5.71. The van der Waals surface area contributed by atoms with Crippen LogP contribution in [0.1, 0.15) is 43.2 Å². The first kappa shape index (κ1) is 23.3. The Morgan fingerprint density at radius 2 is 1.48 bits per heavy atom. The van der Waals surface area contributed by atoms with E-state index >= 15 is 0 Å². The van der Waals surface area contributed by atoms with Crippen molar-refractivity contribution in [2.75, 3.05) is 32.1 Å². The second kappa shape index (κ2) is 10.8. The Hall–Kier alpha value is -2.38. The quantitative estimate of drug-likeness (QED) is 0.677. The van der Waals surface area contributed by atoms with E-state index in [9.17, 15) is 13.2 Å². The molecule has 0 atom stereocenters. The van der Waals surface area contributed by atoms with Gasteiger partial charge in [-0.2, -0.15) is 4.31 Å². The molecular formula is C24H33N3O3S. The molecule has 0 bridgehead atoms. The summed E-state index contributed by atoms with van der Waals surface area (Å²) < 4.78 is 27.3. The zero-order valence-electron chi connectivity index (χ0n) is 18.5. The van der Waals surface area contributed by atoms with E-state index in [4.69, 9.17) is 0 Å². The van der Waals surface area contributed by atoms with Gasteiger partial charge >= 0.3 is 0 Å². The Morgan fingerprint density at radius 3 is 2.06 bits per heavy atom. The minimum absolute atomic E-state index is 0.0158. The van der Waals surface area contributed by atoms with Crippen LogP contribution >= 0.6 is 0 Å². The summed E-state index contributed by atoms with van der Waals surface area (Å²) in [4.78, 5) is 14.6. The number of aryl methyl sites for hydroxylation is 1. The zero-order chi connectivity index (χ0) is 22.3. The fraction of sp³-hybridized carbons (Fsp3) is 0.458. The number of nitrogens with zero attached hydrogens (tertiary/aromatic N) is 2. The van der Waals surface area contributed by atoms with Gasteiger partial charge < -0.3 is 10.2 Å². The van der Waals surface area contributed by atoms with Crippen molar-refractivity contribution < 1.29 is 13.2 Å². The Balaban J connectivity index is 1.48. The number of sulfonamides is 1. The molecule has 1 aliphatic heterocycles. The van der Waals surface area contributed by atoms with Crippen LogP contribution < -0.4 is 10.2 Å². The Labute approximate surface area is 186 Å². The number of rotatable bonds is 8. The van der Waals surface area contributed by atoms with E-state index in [0.717, 1.165) is 42.5 Å². The van der Waals surface area contributed by atoms with Crippen LogP contribution in [0, 0.1) is 0 Å². The van der Waals surface area contributed by atoms with Gasteiger partial charge in [-0.3, -0.25) is 4.79 Å². The lowest BCUT2D eigenvalue weighted by Crippen LogP contribution is -2.31. The summed E-state index contributed by atoms with van der Waals surface area (Å²) in [6.45, 7) is 1.70. The van der Waals surface area contributed by atoms with Gasteiger partial charge in [-0.05, 0) is 54.7 Å². The molecule has 1 heterocycles. The van der Waals surface area contributed by atoms with E-state index in [1.54, 1.807) is 16.4 Å². The summed E-state index contributed by atoms with van der Waals surface area (Å²) in [6.07, 6.45) is 4.98. The topological polar surface area (TPSA) is 69.7 Å². The van der Waals surface area contributed by atoms with Gasteiger partial charge in [0, 0.05) is 45.8 Å². The first-order valence-corrected chi connectivity index (χ1v) is 12.4. The zero-order valence-corrected chi connectivity index (χ0v) is 19.3. The summed E-state index contributed by atoms with van der Waals surface area (Å²) in [5, 5.41) is 2.95. The van der Waals surface area contributed by atoms with Gasteiger partial charge in [0.05, 0.1) is 4.90 Å². The molecule has 6 nitrogen and oxygen atoms in total. The average Bonchev–Trinajstić information content (AvgIpc) is 3.07. The number of carbonyl (C=O) groups is 1. The molecule has 7 heteroatoms. The molecule has 3 rings (SSSR count). The number of hydrogen-bond acceptors (Lipinski definition) is 4. The number of hydrogen-bond donors (Lipinski definition) is 1. The van der Waals surface area contributed by atoms with Crippen LogP contribution in [0.3, 0.4) is 0 Å². The van der Waals surface area contributed by atoms with Crippen LogP contribution in [0.5, 0.6) is 0 Å². The highest BCUT2D eigenvalue weighted by molar-refractivity contribution is 7.89. The minimum atomic E-state index is -3.43. The molecule has 0 radical (unpaired) electrons. The molecule has 168 valence electrons. The molecule has 0 saturated carbocycles. The van der Waals surface area contributed by atoms with Crippen molar-refractivity contribution in [1.29, 1.82) is 0 Å². The van der Waals surface area contributed by atoms with Crippen LogP contribution in [0.15, 0.2) is 53.4 Å². The summed E-state index contributed by atoms with van der Waals surface area (Å²) in [7, 11) is 0.557. The molecule has 2 aromatic carbocycles. The largest absolute Gasteiger partial charge is 0.378 e. The summed E-state index contributed by atoms with van der Waals surface area (Å²) in [5.74, 6) is -0.0158. The second-order valence-electron chi connectivity index (χ2n) is 8.30. The van der Waals surface area contributed by atoms with Crippen LogP contribution in [-0.2, 0) is 27.8 Å². The number of anilines is 1. The molecule has 1 amide bonds. The summed E-state index contributed by atoms with van der Waals surface area (Å²) in [5.41, 5.74) is 3.14. The third kappa shape index (κ3) is 6.55. The molecule has 1 N–H and O–H groups in total. The van der Waals surface area contributed by atoms with E-state index in [1.165, 1.54) is 0 Å². The van der Waals surface area contributed by atoms with Gasteiger partial charge in [-0.15, -0.1) is 0 Å². The predicted molar refractivity (Wildman–Crippen MR) is 125 cm³/mol. The van der Waals surface area contributed by atoms with Gasteiger partial charge in [0.25, 0.3) is 0 Å². The lowest BCUT2D eigenvalue weighted by molar-refractivity contribution is -0.121. The molecule has 1 fully saturated rings. The fourth-order valence-electron chi connectivity index (χ4n) is 3.72. The van der Waals surface area contributed by atoms with E-state index in [-0.39, 0.29) is 5.91 Å². The standard InChI is InChI=1S/C24H33N3O3S/c1-26(2)22-12-7-21(8-13-22)19-25-24(28)16-11-20-9-14-23(15-10-20)31(29,30)27-17-5-3-4-6-18-27/h7-10,12-15H,3-6,11,16-19H2,1-2H3,(H,25,28). The van der Waals surface area contributed by atoms with Crippen molar-refractivity contribution in [3.05, 3.63) is 59.7 Å². The van der Waals surface area contributed by atoms with Crippen molar-refractivity contribution in [1.82, 2.24) is 9.62 Å². The Bertz CT molecular complexity index is 947. The second-order valence-corrected chi connectivity index (χ2v) is 10.2. The highest BCUT2D eigenvalue weighted by Gasteiger charge is 2.24. The van der Waals surface area contributed by atoms with Gasteiger partial charge in [-0.1, -0.05) is 37.1 Å². The maximum atomic E-state index is 12.9. The number of benzene rings is 2. The minimum Gasteiger partial charge on any atom is -0.378 e. The summed E-state index contributed by atoms with van der Waals surface area (Å²) >= 11 is 0. The highest BCUT2D eigenvalue weighted by atomic mass is 32.2. The van der Waals surface area contributed by atoms with Crippen LogP contribution in [0.4, 0.5) is 5.69 Å². The lowest BCUT2D eigenvalue weighted by atomic mass is 10.1. The molecule has 0 aromatic heterocycles. The number of nitrogens with one attached hydrogen (secondary N) is 1. The van der Waals surface area contributed by atoms with Crippen molar-refractivity contribution >= 4 is 21.6 Å². The van der Waals surface area contributed by atoms with Gasteiger partial charge in [0.1, 0.15) is 0 Å². The van der Waals surface area contributed by atoms with Crippen molar-refractivity contribution in [2.24, 2.45) is 0 Å². The predicted octanol–water partition coefficient (Wildman–Crippen LogP) is 3.57. The molecule has 0 spiro atoms. The normalized spacial score (nSPS) is 15.3. The Kier molecular flexibility index (Phi) is 8.09. The van der Waals surface area contributed by atoms with Gasteiger partial charge in [-0.25, -0.2) is 8.42 Å². The maximum absolute atomic E-state index is 12.9. The molecule has 1 saturated heterocycles. The first-order chi connectivity index (χ1) is 14.9. The monoisotopic (exact) mass is 443 g/mol. The third-order valence-corrected chi connectivity index (χ3v) is 7.62. The lowest BCUT2D eigenvalue weighted by Gasteiger charge is -2.20. The van der Waals surface area contributed by atoms with Crippen molar-refractivity contribution in [2.45, 2.75) is 50.0 Å². The molecule has 0 unspecified atom stereocenters. The molecule has 2 aromatic rings. The smallest absolute Gasteiger partial charge is 0.243 e. The first-order valence-electron chi connectivity index (χ1n) is 11.0. The van der Waals surface area contributed by atoms with E-state index in [2.05, 4.69) is 5.32 Å². The van der Waals surface area contributed by atoms with Crippen LogP contribution in [-0.4, -0.2) is 45.8 Å². The molecular weight excluding hydrogens is 410 g/mol. The maximum Gasteiger partial charge on any atom is 0.243 e. The van der Waals surface area contributed by atoms with E-state index in [0.29, 0.717) is 37.4 Å². The van der Waals surface area contributed by atoms with E-state index < -0.39 is 10.0 Å². The van der Waals surface area contributed by atoms with Crippen molar-refractivity contribution in [3.8, 4) is 0 Å². The highest BCUT2D eigenvalue weighted by Crippen LogP contribution is 2.21. The molecule has 1 aliphatic rings. The van der Waals surface area contributed by atoms with Crippen molar-refractivity contribution in [3.63, 3.8) is 0 Å². The number of carbonyl (C=O) groups excluding carboxylic acids is 1. The number of amides is 1. The Morgan fingerprint density at radius 1 is 0.903 bits per heavy atom. The van der Waals surface area contributed by atoms with Gasteiger partial charge in [0.15, 0.2) is 0 Å². The van der Waals surface area contributed by atoms with E-state index in [1.807, 2.05) is 55.4 Å². The van der Waals surface area contributed by atoms with Gasteiger partial charge in [0.2, 0.25) is 15.9 Å². The molecule has 31 heavy (non-hydrogen) atoms. The molecule has 0 aliphatic carbocycles. The summed E-state index contributed by atoms with van der Waals surface area (Å²) in [6, 6.07) is 15.1. The van der Waals surface area contributed by atoms with Crippen LogP contribution in [0.2, 0.25) is 0 Å². The fourth-order valence-corrected chi connectivity index (χ4v) is 5.24. The SMILES string of the molecule is CN(C)c1ccc(CNC(=O)CCc2ccc(S(=O)(=O)N3CCCCCC3)cc2)cc1.